The summed E-state index contributed by atoms with van der Waals surface area (Å²) in [7, 11) is 3.49. The largest absolute Gasteiger partial charge is 0.397 e. The second kappa shape index (κ2) is 5.95. The molecule has 0 aliphatic heterocycles. The molecule has 1 fully saturated rings. The van der Waals surface area contributed by atoms with Gasteiger partial charge in [-0.2, -0.15) is 0 Å². The molecule has 1 aromatic carbocycles. The van der Waals surface area contributed by atoms with Gasteiger partial charge in [-0.3, -0.25) is 4.79 Å². The van der Waals surface area contributed by atoms with E-state index < -0.39 is 0 Å². The Bertz CT molecular complexity index is 451. The first kappa shape index (κ1) is 13.7. The Morgan fingerprint density at radius 3 is 2.53 bits per heavy atom. The molecule has 0 bridgehead atoms. The molecular weight excluding hydrogens is 238 g/mol. The number of hydrogen-bond acceptors (Lipinski definition) is 3. The van der Waals surface area contributed by atoms with Gasteiger partial charge < -0.3 is 16.0 Å². The lowest BCUT2D eigenvalue weighted by atomic mass is 9.95. The molecule has 1 saturated carbocycles. The quantitative estimate of drug-likeness (QED) is 0.822. The number of carbonyl (C=O) groups is 1. The Balaban J connectivity index is 2.08. The Labute approximate surface area is 115 Å². The molecule has 1 aromatic rings. The van der Waals surface area contributed by atoms with E-state index in [1.807, 2.05) is 12.1 Å². The maximum absolute atomic E-state index is 11.8. The molecule has 104 valence electrons. The summed E-state index contributed by atoms with van der Waals surface area (Å²) in [5.74, 6) is -0.0177. The van der Waals surface area contributed by atoms with Crippen LogP contribution in [0.15, 0.2) is 18.2 Å². The topological polar surface area (TPSA) is 58.4 Å². The third-order valence-corrected chi connectivity index (χ3v) is 3.67. The number of carbonyl (C=O) groups excluding carboxylic acids is 1. The molecule has 4 nitrogen and oxygen atoms in total. The van der Waals surface area contributed by atoms with E-state index in [1.54, 1.807) is 25.1 Å². The average Bonchev–Trinajstić information content (AvgIpc) is 2.41. The molecule has 1 aliphatic rings. The minimum absolute atomic E-state index is 0.0177. The summed E-state index contributed by atoms with van der Waals surface area (Å²) in [6, 6.07) is 6.03. The first-order valence-electron chi connectivity index (χ1n) is 6.95. The van der Waals surface area contributed by atoms with Gasteiger partial charge in [-0.1, -0.05) is 19.3 Å². The van der Waals surface area contributed by atoms with Crippen molar-refractivity contribution in [3.8, 4) is 0 Å². The van der Waals surface area contributed by atoms with Gasteiger partial charge in [-0.05, 0) is 31.0 Å². The molecule has 0 atom stereocenters. The fourth-order valence-corrected chi connectivity index (χ4v) is 2.55. The molecule has 0 heterocycles. The molecule has 0 saturated heterocycles. The monoisotopic (exact) mass is 261 g/mol. The van der Waals surface area contributed by atoms with Crippen LogP contribution in [0.5, 0.6) is 0 Å². The van der Waals surface area contributed by atoms with Gasteiger partial charge >= 0.3 is 0 Å². The molecule has 0 spiro atoms. The number of rotatable bonds is 3. The zero-order chi connectivity index (χ0) is 13.8. The number of amides is 1. The molecule has 0 aromatic heterocycles. The number of anilines is 2. The number of nitrogen functional groups attached to an aromatic ring is 1. The zero-order valence-corrected chi connectivity index (χ0v) is 11.8. The molecule has 4 heteroatoms. The van der Waals surface area contributed by atoms with Gasteiger partial charge in [0.15, 0.2) is 0 Å². The number of nitrogens with two attached hydrogens (primary N) is 1. The smallest absolute Gasteiger partial charge is 0.253 e. The lowest BCUT2D eigenvalue weighted by Crippen LogP contribution is -2.24. The summed E-state index contributed by atoms with van der Waals surface area (Å²) in [6.07, 6.45) is 6.32. The fraction of sp³-hybridized carbons (Fsp3) is 0.533. The number of benzene rings is 1. The second-order valence-corrected chi connectivity index (χ2v) is 5.48. The lowest BCUT2D eigenvalue weighted by molar-refractivity contribution is 0.0827. The van der Waals surface area contributed by atoms with Crippen molar-refractivity contribution in [3.05, 3.63) is 23.8 Å². The van der Waals surface area contributed by atoms with Crippen molar-refractivity contribution in [2.24, 2.45) is 0 Å². The van der Waals surface area contributed by atoms with Gasteiger partial charge in [0.05, 0.1) is 11.4 Å². The van der Waals surface area contributed by atoms with Crippen molar-refractivity contribution in [1.29, 1.82) is 0 Å². The van der Waals surface area contributed by atoms with Crippen molar-refractivity contribution in [3.63, 3.8) is 0 Å². The van der Waals surface area contributed by atoms with E-state index in [9.17, 15) is 4.79 Å². The summed E-state index contributed by atoms with van der Waals surface area (Å²) in [6.45, 7) is 0. The summed E-state index contributed by atoms with van der Waals surface area (Å²) < 4.78 is 0. The molecule has 1 aliphatic carbocycles. The summed E-state index contributed by atoms with van der Waals surface area (Å²) in [5, 5.41) is 3.49. The third kappa shape index (κ3) is 3.40. The van der Waals surface area contributed by atoms with Crippen molar-refractivity contribution in [1.82, 2.24) is 4.90 Å². The second-order valence-electron chi connectivity index (χ2n) is 5.48. The van der Waals surface area contributed by atoms with Gasteiger partial charge in [0.2, 0.25) is 0 Å². The Hall–Kier alpha value is -1.71. The van der Waals surface area contributed by atoms with Crippen LogP contribution in [0.25, 0.3) is 0 Å². The van der Waals surface area contributed by atoms with Gasteiger partial charge in [-0.25, -0.2) is 0 Å². The minimum Gasteiger partial charge on any atom is -0.397 e. The molecular formula is C15H23N3O. The van der Waals surface area contributed by atoms with Crippen LogP contribution in [0.1, 0.15) is 42.5 Å². The predicted octanol–water partition coefficient (Wildman–Crippen LogP) is 2.72. The SMILES string of the molecule is CN(C)C(=O)c1ccc(NC2CCCCC2)c(N)c1. The van der Waals surface area contributed by atoms with E-state index >= 15 is 0 Å². The van der Waals surface area contributed by atoms with E-state index in [0.717, 1.165) is 5.69 Å². The third-order valence-electron chi connectivity index (χ3n) is 3.67. The Morgan fingerprint density at radius 2 is 1.95 bits per heavy atom. The van der Waals surface area contributed by atoms with Crippen LogP contribution in [0.3, 0.4) is 0 Å². The average molecular weight is 261 g/mol. The summed E-state index contributed by atoms with van der Waals surface area (Å²) in [5.41, 5.74) is 8.28. The highest BCUT2D eigenvalue weighted by Gasteiger charge is 2.15. The van der Waals surface area contributed by atoms with E-state index in [1.165, 1.54) is 32.1 Å². The van der Waals surface area contributed by atoms with E-state index in [4.69, 9.17) is 5.73 Å². The van der Waals surface area contributed by atoms with Gasteiger partial charge in [0.1, 0.15) is 0 Å². The van der Waals surface area contributed by atoms with E-state index in [-0.39, 0.29) is 5.91 Å². The number of hydrogen-bond donors (Lipinski definition) is 2. The molecule has 19 heavy (non-hydrogen) atoms. The van der Waals surface area contributed by atoms with Crippen LogP contribution in [-0.4, -0.2) is 30.9 Å². The van der Waals surface area contributed by atoms with Crippen LogP contribution < -0.4 is 11.1 Å². The standard InChI is InChI=1S/C15H23N3O/c1-18(2)15(19)11-8-9-14(13(16)10-11)17-12-6-4-3-5-7-12/h8-10,12,17H,3-7,16H2,1-2H3. The van der Waals surface area contributed by atoms with Gasteiger partial charge in [0, 0.05) is 25.7 Å². The van der Waals surface area contributed by atoms with Crippen molar-refractivity contribution in [2.45, 2.75) is 38.1 Å². The van der Waals surface area contributed by atoms with Crippen molar-refractivity contribution < 1.29 is 4.79 Å². The maximum Gasteiger partial charge on any atom is 0.253 e. The highest BCUT2D eigenvalue weighted by Crippen LogP contribution is 2.26. The molecule has 0 unspecified atom stereocenters. The van der Waals surface area contributed by atoms with Gasteiger partial charge in [-0.15, -0.1) is 0 Å². The Kier molecular flexibility index (Phi) is 4.30. The first-order valence-corrected chi connectivity index (χ1v) is 6.95. The summed E-state index contributed by atoms with van der Waals surface area (Å²) >= 11 is 0. The molecule has 3 N–H and O–H groups in total. The zero-order valence-electron chi connectivity index (χ0n) is 11.8. The van der Waals surface area contributed by atoms with Crippen LogP contribution in [0.4, 0.5) is 11.4 Å². The van der Waals surface area contributed by atoms with E-state index in [0.29, 0.717) is 17.3 Å². The van der Waals surface area contributed by atoms with Crippen LogP contribution >= 0.6 is 0 Å². The highest BCUT2D eigenvalue weighted by molar-refractivity contribution is 5.95. The fourth-order valence-electron chi connectivity index (χ4n) is 2.55. The molecule has 1 amide bonds. The van der Waals surface area contributed by atoms with Crippen molar-refractivity contribution in [2.75, 3.05) is 25.1 Å². The Morgan fingerprint density at radius 1 is 1.26 bits per heavy atom. The van der Waals surface area contributed by atoms with Crippen molar-refractivity contribution >= 4 is 17.3 Å². The lowest BCUT2D eigenvalue weighted by Gasteiger charge is -2.24. The number of nitrogens with one attached hydrogen (secondary N) is 1. The van der Waals surface area contributed by atoms with Crippen LogP contribution in [-0.2, 0) is 0 Å². The normalized spacial score (nSPS) is 16.1. The van der Waals surface area contributed by atoms with Gasteiger partial charge in [0.25, 0.3) is 5.91 Å². The molecule has 0 radical (unpaired) electrons. The summed E-state index contributed by atoms with van der Waals surface area (Å²) in [4.78, 5) is 13.4. The van der Waals surface area contributed by atoms with E-state index in [2.05, 4.69) is 5.32 Å². The maximum atomic E-state index is 11.8. The van der Waals surface area contributed by atoms with Crippen LogP contribution in [0.2, 0.25) is 0 Å². The highest BCUT2D eigenvalue weighted by atomic mass is 16.2. The first-order chi connectivity index (χ1) is 9.08. The minimum atomic E-state index is -0.0177. The predicted molar refractivity (Wildman–Crippen MR) is 79.4 cm³/mol. The van der Waals surface area contributed by atoms with Crippen LogP contribution in [0, 0.1) is 0 Å². The number of nitrogens with zero attached hydrogens (tertiary/aromatic N) is 1. The molecule has 2 rings (SSSR count).